The zero-order chi connectivity index (χ0) is 16.3. The molecule has 1 aromatic rings. The molecule has 0 N–H and O–H groups in total. The summed E-state index contributed by atoms with van der Waals surface area (Å²) < 4.78 is 5.17. The summed E-state index contributed by atoms with van der Waals surface area (Å²) in [4.78, 5) is 15.2. The minimum Gasteiger partial charge on any atom is -0.468 e. The van der Waals surface area contributed by atoms with Gasteiger partial charge in [-0.15, -0.1) is 12.4 Å². The normalized spacial score (nSPS) is 28.0. The van der Waals surface area contributed by atoms with Gasteiger partial charge < -0.3 is 9.64 Å². The molecule has 0 bridgehead atoms. The van der Waals surface area contributed by atoms with Gasteiger partial charge in [-0.25, -0.2) is 0 Å². The molecular formula is C19H27Cl2NO2. The van der Waals surface area contributed by atoms with Gasteiger partial charge in [-0.3, -0.25) is 4.79 Å². The van der Waals surface area contributed by atoms with Gasteiger partial charge in [0.1, 0.15) is 0 Å². The first-order chi connectivity index (χ1) is 11.2. The van der Waals surface area contributed by atoms with Gasteiger partial charge >= 0.3 is 5.97 Å². The van der Waals surface area contributed by atoms with Crippen molar-refractivity contribution < 1.29 is 9.53 Å². The Morgan fingerprint density at radius 1 is 1.12 bits per heavy atom. The fourth-order valence-corrected chi connectivity index (χ4v) is 4.44. The number of hydrogen-bond donors (Lipinski definition) is 0. The fraction of sp³-hybridized carbons (Fsp3) is 0.632. The molecule has 2 fully saturated rings. The molecule has 2 aliphatic rings. The summed E-state index contributed by atoms with van der Waals surface area (Å²) in [5.74, 6) is -0.100. The van der Waals surface area contributed by atoms with E-state index in [0.29, 0.717) is 11.1 Å². The summed E-state index contributed by atoms with van der Waals surface area (Å²) in [6.07, 6.45) is 7.85. The predicted octanol–water partition coefficient (Wildman–Crippen LogP) is 4.60. The van der Waals surface area contributed by atoms with Gasteiger partial charge in [0.15, 0.2) is 0 Å². The fourth-order valence-electron chi connectivity index (χ4n) is 4.32. The van der Waals surface area contributed by atoms with Crippen LogP contribution in [-0.4, -0.2) is 37.1 Å². The van der Waals surface area contributed by atoms with Crippen LogP contribution >= 0.6 is 24.0 Å². The zero-order valence-corrected chi connectivity index (χ0v) is 15.9. The molecule has 0 aromatic heterocycles. The van der Waals surface area contributed by atoms with E-state index >= 15 is 0 Å². The maximum Gasteiger partial charge on any atom is 0.316 e. The van der Waals surface area contributed by atoms with Crippen LogP contribution in [0.15, 0.2) is 24.3 Å². The lowest BCUT2D eigenvalue weighted by atomic mass is 9.68. The van der Waals surface area contributed by atoms with Gasteiger partial charge in [-0.05, 0) is 69.3 Å². The van der Waals surface area contributed by atoms with Crippen LogP contribution in [0.5, 0.6) is 0 Å². The second-order valence-corrected chi connectivity index (χ2v) is 7.34. The number of carbonyl (C=O) groups excluding carboxylic acids is 1. The van der Waals surface area contributed by atoms with E-state index in [9.17, 15) is 4.79 Å². The van der Waals surface area contributed by atoms with Crippen LogP contribution in [0.1, 0.15) is 50.5 Å². The molecule has 1 saturated carbocycles. The van der Waals surface area contributed by atoms with Crippen molar-refractivity contribution in [2.24, 2.45) is 0 Å². The lowest BCUT2D eigenvalue weighted by molar-refractivity contribution is -0.149. The van der Waals surface area contributed by atoms with E-state index < -0.39 is 5.41 Å². The number of rotatable bonds is 3. The molecule has 1 heterocycles. The number of hydrogen-bond acceptors (Lipinski definition) is 3. The third-order valence-electron chi connectivity index (χ3n) is 5.69. The Balaban J connectivity index is 0.00000208. The first-order valence-electron chi connectivity index (χ1n) is 8.74. The van der Waals surface area contributed by atoms with Crippen LogP contribution in [0.2, 0.25) is 5.02 Å². The highest BCUT2D eigenvalue weighted by atomic mass is 35.5. The second-order valence-electron chi connectivity index (χ2n) is 6.91. The van der Waals surface area contributed by atoms with Crippen molar-refractivity contribution in [1.29, 1.82) is 0 Å². The quantitative estimate of drug-likeness (QED) is 0.727. The SMILES string of the molecule is COC(=O)C1(c2ccc(Cl)cc2)CCC(N2CCCCC2)CC1.Cl. The van der Waals surface area contributed by atoms with Gasteiger partial charge in [-0.2, -0.15) is 0 Å². The van der Waals surface area contributed by atoms with Crippen LogP contribution in [0, 0.1) is 0 Å². The van der Waals surface area contributed by atoms with Crippen LogP contribution in [0.4, 0.5) is 0 Å². The zero-order valence-electron chi connectivity index (χ0n) is 14.3. The summed E-state index contributed by atoms with van der Waals surface area (Å²) in [6.45, 7) is 2.44. The smallest absolute Gasteiger partial charge is 0.316 e. The number of nitrogens with zero attached hydrogens (tertiary/aromatic N) is 1. The van der Waals surface area contributed by atoms with E-state index in [2.05, 4.69) is 4.90 Å². The van der Waals surface area contributed by atoms with E-state index in [4.69, 9.17) is 16.3 Å². The predicted molar refractivity (Wildman–Crippen MR) is 100 cm³/mol. The average molecular weight is 372 g/mol. The Labute approximate surface area is 156 Å². The molecule has 0 atom stereocenters. The third kappa shape index (κ3) is 3.89. The van der Waals surface area contributed by atoms with Crippen molar-refractivity contribution in [3.05, 3.63) is 34.9 Å². The molecule has 24 heavy (non-hydrogen) atoms. The molecule has 0 radical (unpaired) electrons. The molecule has 0 amide bonds. The van der Waals surface area contributed by atoms with Crippen molar-refractivity contribution in [3.63, 3.8) is 0 Å². The van der Waals surface area contributed by atoms with Gasteiger partial charge in [0.25, 0.3) is 0 Å². The van der Waals surface area contributed by atoms with Crippen molar-refractivity contribution in [3.8, 4) is 0 Å². The van der Waals surface area contributed by atoms with Gasteiger partial charge in [0.2, 0.25) is 0 Å². The van der Waals surface area contributed by atoms with Gasteiger partial charge in [-0.1, -0.05) is 30.2 Å². The summed E-state index contributed by atoms with van der Waals surface area (Å²) in [6, 6.07) is 8.35. The highest BCUT2D eigenvalue weighted by Crippen LogP contribution is 2.42. The maximum absolute atomic E-state index is 12.6. The van der Waals surface area contributed by atoms with E-state index in [1.165, 1.54) is 39.5 Å². The minimum absolute atomic E-state index is 0. The molecule has 0 unspecified atom stereocenters. The highest BCUT2D eigenvalue weighted by molar-refractivity contribution is 6.30. The van der Waals surface area contributed by atoms with Crippen molar-refractivity contribution in [1.82, 2.24) is 4.90 Å². The van der Waals surface area contributed by atoms with Crippen LogP contribution in [0.3, 0.4) is 0 Å². The van der Waals surface area contributed by atoms with Gasteiger partial charge in [0.05, 0.1) is 12.5 Å². The van der Waals surface area contributed by atoms with Crippen molar-refractivity contribution in [2.75, 3.05) is 20.2 Å². The number of piperidine rings is 1. The third-order valence-corrected chi connectivity index (χ3v) is 5.94. The molecule has 5 heteroatoms. The number of ether oxygens (including phenoxy) is 1. The molecule has 1 aromatic carbocycles. The molecule has 1 aliphatic heterocycles. The number of methoxy groups -OCH3 is 1. The number of benzene rings is 1. The number of esters is 1. The Morgan fingerprint density at radius 2 is 1.71 bits per heavy atom. The van der Waals surface area contributed by atoms with Crippen molar-refractivity contribution >= 4 is 30.0 Å². The monoisotopic (exact) mass is 371 g/mol. The number of carbonyl (C=O) groups is 1. The molecule has 1 aliphatic carbocycles. The Kier molecular flexibility index (Phi) is 6.97. The van der Waals surface area contributed by atoms with E-state index in [1.54, 1.807) is 0 Å². The first-order valence-corrected chi connectivity index (χ1v) is 9.12. The molecule has 3 rings (SSSR count). The topological polar surface area (TPSA) is 29.5 Å². The maximum atomic E-state index is 12.6. The minimum atomic E-state index is -0.494. The van der Waals surface area contributed by atoms with Crippen LogP contribution in [0.25, 0.3) is 0 Å². The largest absolute Gasteiger partial charge is 0.468 e. The molecule has 0 spiro atoms. The van der Waals surface area contributed by atoms with Crippen LogP contribution < -0.4 is 0 Å². The Hall–Kier alpha value is -0.770. The van der Waals surface area contributed by atoms with Crippen LogP contribution in [-0.2, 0) is 14.9 Å². The molecule has 134 valence electrons. The highest BCUT2D eigenvalue weighted by Gasteiger charge is 2.45. The van der Waals surface area contributed by atoms with Crippen molar-refractivity contribution in [2.45, 2.75) is 56.4 Å². The van der Waals surface area contributed by atoms with E-state index in [-0.39, 0.29) is 18.4 Å². The number of halogens is 2. The Bertz CT molecular complexity index is 533. The summed E-state index contributed by atoms with van der Waals surface area (Å²) in [5.41, 5.74) is 0.553. The Morgan fingerprint density at radius 3 is 2.25 bits per heavy atom. The first kappa shape index (κ1) is 19.6. The summed E-state index contributed by atoms with van der Waals surface area (Å²) in [5, 5.41) is 0.704. The molecular weight excluding hydrogens is 345 g/mol. The average Bonchev–Trinajstić information content (AvgIpc) is 2.62. The summed E-state index contributed by atoms with van der Waals surface area (Å²) in [7, 11) is 1.50. The molecule has 1 saturated heterocycles. The van der Waals surface area contributed by atoms with E-state index in [1.807, 2.05) is 24.3 Å². The number of likely N-dealkylation sites (tertiary alicyclic amines) is 1. The lowest BCUT2D eigenvalue weighted by Crippen LogP contribution is -2.47. The standard InChI is InChI=1S/C19H26ClNO2.ClH/c1-23-18(22)19(15-5-7-16(20)8-6-15)11-9-17(10-12-19)21-13-3-2-4-14-21;/h5-8,17H,2-4,9-14H2,1H3;1H. The summed E-state index contributed by atoms with van der Waals surface area (Å²) >= 11 is 6.01. The van der Waals surface area contributed by atoms with Gasteiger partial charge in [0, 0.05) is 11.1 Å². The van der Waals surface area contributed by atoms with E-state index in [0.717, 1.165) is 31.2 Å². The second kappa shape index (κ2) is 8.55. The molecule has 3 nitrogen and oxygen atoms in total. The lowest BCUT2D eigenvalue weighted by Gasteiger charge is -2.43.